The Balaban J connectivity index is 0. The summed E-state index contributed by atoms with van der Waals surface area (Å²) in [6, 6.07) is 0. The first-order valence-corrected chi connectivity index (χ1v) is 7.11. The second-order valence-corrected chi connectivity index (χ2v) is 5.78. The Bertz CT molecular complexity index is 415. The monoisotopic (exact) mass is 321 g/mol. The summed E-state index contributed by atoms with van der Waals surface area (Å²) in [7, 11) is 4.32. The van der Waals surface area contributed by atoms with Crippen molar-refractivity contribution in [3.05, 3.63) is 0 Å². The van der Waals surface area contributed by atoms with Gasteiger partial charge in [0.1, 0.15) is 0 Å². The van der Waals surface area contributed by atoms with Gasteiger partial charge in [-0.1, -0.05) is 6.92 Å². The molecule has 0 heterocycles. The predicted octanol–water partition coefficient (Wildman–Crippen LogP) is 0.569. The van der Waals surface area contributed by atoms with E-state index in [-0.39, 0.29) is 0 Å². The molecule has 0 aromatic rings. The van der Waals surface area contributed by atoms with Gasteiger partial charge < -0.3 is 4.55 Å². The highest BCUT2D eigenvalue weighted by Crippen LogP contribution is 2.20. The van der Waals surface area contributed by atoms with Crippen LogP contribution >= 0.6 is 0 Å². The molecule has 0 fully saturated rings. The van der Waals surface area contributed by atoms with Gasteiger partial charge in [0.25, 0.3) is 0 Å². The van der Waals surface area contributed by atoms with E-state index in [0.717, 1.165) is 6.54 Å². The number of halogens is 3. The average Bonchev–Trinajstić information content (AvgIpc) is 2.13. The molecule has 0 rings (SSSR count). The maximum atomic E-state index is 10.7. The third kappa shape index (κ3) is 8.20. The summed E-state index contributed by atoms with van der Waals surface area (Å²) in [6.07, 6.45) is 1.18. The van der Waals surface area contributed by atoms with Crippen molar-refractivity contribution in [1.29, 1.82) is 0 Å². The molecule has 0 spiro atoms. The van der Waals surface area contributed by atoms with Crippen molar-refractivity contribution in [2.24, 2.45) is 0 Å². The predicted molar refractivity (Wildman–Crippen MR) is 69.5 cm³/mol. The molecule has 0 aliphatic heterocycles. The summed E-state index contributed by atoms with van der Waals surface area (Å²) in [4.78, 5) is 4.40. The van der Waals surface area contributed by atoms with Crippen LogP contribution in [0, 0.1) is 0 Å². The molecular formula is C10H22F3N3O3S. The molecular weight excluding hydrogens is 299 g/mol. The number of nitrogens with zero attached hydrogens (tertiary/aromatic N) is 3. The van der Waals surface area contributed by atoms with Crippen molar-refractivity contribution >= 4 is 16.1 Å². The van der Waals surface area contributed by atoms with Crippen LogP contribution in [0.4, 0.5) is 13.2 Å². The Labute approximate surface area is 118 Å². The standard InChI is InChI=1S/C9H22N3.CHF3O3S/c1-7-8-12(6)9(10(2)3)11(4)5;2-1(3,4)8(5,6)7/h7-8H2,1-6H3;(H,5,6,7)/q+1;/p-1. The van der Waals surface area contributed by atoms with Gasteiger partial charge in [0, 0.05) is 0 Å². The lowest BCUT2D eigenvalue weighted by Crippen LogP contribution is -2.43. The van der Waals surface area contributed by atoms with Crippen LogP contribution in [-0.4, -0.2) is 80.6 Å². The first kappa shape index (κ1) is 21.3. The lowest BCUT2D eigenvalue weighted by molar-refractivity contribution is -0.475. The molecule has 20 heavy (non-hydrogen) atoms. The second kappa shape index (κ2) is 8.30. The van der Waals surface area contributed by atoms with E-state index in [0.29, 0.717) is 0 Å². The zero-order valence-corrected chi connectivity index (χ0v) is 13.3. The third-order valence-corrected chi connectivity index (χ3v) is 2.55. The largest absolute Gasteiger partial charge is 0.741 e. The van der Waals surface area contributed by atoms with E-state index in [4.69, 9.17) is 13.0 Å². The molecule has 0 amide bonds. The highest BCUT2D eigenvalue weighted by Gasteiger charge is 2.36. The van der Waals surface area contributed by atoms with Gasteiger partial charge in [-0.3, -0.25) is 14.4 Å². The van der Waals surface area contributed by atoms with E-state index < -0.39 is 15.6 Å². The van der Waals surface area contributed by atoms with Gasteiger partial charge in [-0.25, -0.2) is 8.42 Å². The molecule has 0 aromatic heterocycles. The quantitative estimate of drug-likeness (QED) is 0.245. The highest BCUT2D eigenvalue weighted by atomic mass is 32.2. The second-order valence-electron chi connectivity index (χ2n) is 4.41. The number of alkyl halides is 3. The number of hydrogen-bond donors (Lipinski definition) is 0. The minimum absolute atomic E-state index is 1.10. The van der Waals surface area contributed by atoms with Gasteiger partial charge in [0.15, 0.2) is 10.1 Å². The van der Waals surface area contributed by atoms with Gasteiger partial charge in [-0.05, 0) is 6.42 Å². The molecule has 0 aliphatic carbocycles. The summed E-state index contributed by atoms with van der Waals surface area (Å²) < 4.78 is 61.0. The van der Waals surface area contributed by atoms with Crippen molar-refractivity contribution < 1.29 is 30.7 Å². The fourth-order valence-electron chi connectivity index (χ4n) is 1.52. The van der Waals surface area contributed by atoms with Crippen LogP contribution < -0.4 is 0 Å². The maximum Gasteiger partial charge on any atom is 0.485 e. The molecule has 0 aliphatic rings. The maximum absolute atomic E-state index is 10.7. The SMILES string of the molecule is CCCN(C)C(N(C)C)=[N+](C)C.O=S(=O)([O-])C(F)(F)F. The highest BCUT2D eigenvalue weighted by molar-refractivity contribution is 7.86. The zero-order chi connectivity index (χ0) is 16.7. The summed E-state index contributed by atoms with van der Waals surface area (Å²) in [5.41, 5.74) is -5.65. The fraction of sp³-hybridized carbons (Fsp3) is 0.900. The van der Waals surface area contributed by atoms with Gasteiger partial charge in [-0.15, -0.1) is 0 Å². The molecule has 6 nitrogen and oxygen atoms in total. The van der Waals surface area contributed by atoms with E-state index in [2.05, 4.69) is 56.5 Å². The van der Waals surface area contributed by atoms with Crippen LogP contribution in [0.2, 0.25) is 0 Å². The molecule has 0 unspecified atom stereocenters. The van der Waals surface area contributed by atoms with Crippen molar-refractivity contribution in [1.82, 2.24) is 9.80 Å². The molecule has 0 aromatic carbocycles. The van der Waals surface area contributed by atoms with Gasteiger partial charge in [-0.2, -0.15) is 13.2 Å². The topological polar surface area (TPSA) is 66.7 Å². The summed E-state index contributed by atoms with van der Waals surface area (Å²) in [6.45, 7) is 3.30. The molecule has 122 valence electrons. The Kier molecular flexibility index (Phi) is 8.83. The van der Waals surface area contributed by atoms with Gasteiger partial charge >= 0.3 is 11.5 Å². The summed E-state index contributed by atoms with van der Waals surface area (Å²) >= 11 is 0. The van der Waals surface area contributed by atoms with E-state index in [9.17, 15) is 13.2 Å². The van der Waals surface area contributed by atoms with Crippen LogP contribution in [-0.2, 0) is 10.1 Å². The Morgan fingerprint density at radius 1 is 1.20 bits per heavy atom. The molecule has 0 N–H and O–H groups in total. The lowest BCUT2D eigenvalue weighted by atomic mass is 10.4. The minimum atomic E-state index is -6.09. The van der Waals surface area contributed by atoms with Crippen LogP contribution in [0.15, 0.2) is 0 Å². The van der Waals surface area contributed by atoms with E-state index >= 15 is 0 Å². The molecule has 10 heteroatoms. The van der Waals surface area contributed by atoms with E-state index in [1.807, 2.05) is 0 Å². The Morgan fingerprint density at radius 3 is 1.70 bits per heavy atom. The Morgan fingerprint density at radius 2 is 1.55 bits per heavy atom. The van der Waals surface area contributed by atoms with Crippen LogP contribution in [0.3, 0.4) is 0 Å². The first-order chi connectivity index (χ1) is 8.75. The van der Waals surface area contributed by atoms with Gasteiger partial charge in [0.2, 0.25) is 0 Å². The van der Waals surface area contributed by atoms with E-state index in [1.165, 1.54) is 12.4 Å². The van der Waals surface area contributed by atoms with Crippen molar-refractivity contribution in [2.45, 2.75) is 18.9 Å². The van der Waals surface area contributed by atoms with Gasteiger partial charge in [0.05, 0.1) is 41.8 Å². The molecule has 0 saturated heterocycles. The normalized spacial score (nSPS) is 11.3. The van der Waals surface area contributed by atoms with Crippen LogP contribution in [0.25, 0.3) is 0 Å². The number of rotatable bonds is 2. The first-order valence-electron chi connectivity index (χ1n) is 5.70. The fourth-order valence-corrected chi connectivity index (χ4v) is 1.52. The molecule has 0 atom stereocenters. The smallest absolute Gasteiger partial charge is 0.485 e. The molecule has 0 saturated carbocycles. The lowest BCUT2D eigenvalue weighted by Gasteiger charge is -2.20. The number of guanidine groups is 1. The summed E-state index contributed by atoms with van der Waals surface area (Å²) in [5.74, 6) is 1.25. The molecule has 0 bridgehead atoms. The van der Waals surface area contributed by atoms with Crippen LogP contribution in [0.5, 0.6) is 0 Å². The third-order valence-electron chi connectivity index (χ3n) is 1.98. The number of hydrogen-bond acceptors (Lipinski definition) is 3. The summed E-state index contributed by atoms with van der Waals surface area (Å²) in [5, 5.41) is 0. The van der Waals surface area contributed by atoms with E-state index in [1.54, 1.807) is 0 Å². The average molecular weight is 321 g/mol. The van der Waals surface area contributed by atoms with Crippen molar-refractivity contribution in [2.75, 3.05) is 41.8 Å². The molecule has 0 radical (unpaired) electrons. The van der Waals surface area contributed by atoms with Crippen LogP contribution in [0.1, 0.15) is 13.3 Å². The Hall–Kier alpha value is -1.03. The zero-order valence-electron chi connectivity index (χ0n) is 12.5. The van der Waals surface area contributed by atoms with Crippen molar-refractivity contribution in [3.63, 3.8) is 0 Å². The van der Waals surface area contributed by atoms with Crippen molar-refractivity contribution in [3.8, 4) is 0 Å². The minimum Gasteiger partial charge on any atom is -0.741 e.